The van der Waals surface area contributed by atoms with Crippen molar-refractivity contribution in [3.63, 3.8) is 0 Å². The summed E-state index contributed by atoms with van der Waals surface area (Å²) in [6.07, 6.45) is 5.84. The Morgan fingerprint density at radius 2 is 2.50 bits per heavy atom. The lowest BCUT2D eigenvalue weighted by molar-refractivity contribution is 0.279. The average Bonchev–Trinajstić information content (AvgIpc) is 2.88. The zero-order chi connectivity index (χ0) is 11.0. The molecule has 0 spiro atoms. The van der Waals surface area contributed by atoms with Gasteiger partial charge in [0.2, 0.25) is 0 Å². The second-order valence-corrected chi connectivity index (χ2v) is 4.99. The van der Waals surface area contributed by atoms with Crippen LogP contribution in [-0.4, -0.2) is 40.6 Å². The molecule has 2 aliphatic rings. The SMILES string of the molecule is CN1CCCC1Cn1cnc2c1CCNC2. The second kappa shape index (κ2) is 4.18. The number of imidazole rings is 1. The molecule has 4 heteroatoms. The van der Waals surface area contributed by atoms with Crippen molar-refractivity contribution < 1.29 is 0 Å². The maximum atomic E-state index is 4.51. The molecule has 1 atom stereocenters. The van der Waals surface area contributed by atoms with Crippen LogP contribution in [0.2, 0.25) is 0 Å². The molecule has 0 aromatic carbocycles. The largest absolute Gasteiger partial charge is 0.333 e. The summed E-state index contributed by atoms with van der Waals surface area (Å²) < 4.78 is 2.38. The molecule has 0 saturated carbocycles. The van der Waals surface area contributed by atoms with Gasteiger partial charge >= 0.3 is 0 Å². The summed E-state index contributed by atoms with van der Waals surface area (Å²) in [4.78, 5) is 6.99. The molecule has 0 radical (unpaired) electrons. The zero-order valence-corrected chi connectivity index (χ0v) is 9.95. The number of fused-ring (bicyclic) bond motifs is 1. The Labute approximate surface area is 96.7 Å². The standard InChI is InChI=1S/C12H20N4/c1-15-6-2-3-10(15)8-16-9-14-11-7-13-5-4-12(11)16/h9-10,13H,2-8H2,1H3. The smallest absolute Gasteiger partial charge is 0.0952 e. The summed E-state index contributed by atoms with van der Waals surface area (Å²) in [5, 5.41) is 3.37. The summed E-state index contributed by atoms with van der Waals surface area (Å²) in [6, 6.07) is 0.716. The van der Waals surface area contributed by atoms with Crippen LogP contribution in [0, 0.1) is 0 Å². The van der Waals surface area contributed by atoms with E-state index in [-0.39, 0.29) is 0 Å². The molecule has 16 heavy (non-hydrogen) atoms. The molecule has 4 nitrogen and oxygen atoms in total. The molecule has 1 N–H and O–H groups in total. The van der Waals surface area contributed by atoms with Crippen LogP contribution in [0.15, 0.2) is 6.33 Å². The normalized spacial score (nSPS) is 25.9. The van der Waals surface area contributed by atoms with Gasteiger partial charge in [0.05, 0.1) is 12.0 Å². The van der Waals surface area contributed by atoms with Gasteiger partial charge in [0, 0.05) is 37.8 Å². The van der Waals surface area contributed by atoms with E-state index in [0.29, 0.717) is 6.04 Å². The highest BCUT2D eigenvalue weighted by Crippen LogP contribution is 2.19. The molecule has 1 aromatic rings. The third-order valence-corrected chi connectivity index (χ3v) is 3.94. The number of hydrogen-bond donors (Lipinski definition) is 1. The van der Waals surface area contributed by atoms with Gasteiger partial charge in [0.1, 0.15) is 0 Å². The van der Waals surface area contributed by atoms with E-state index in [0.717, 1.165) is 26.1 Å². The number of rotatable bonds is 2. The van der Waals surface area contributed by atoms with Crippen molar-refractivity contribution in [3.05, 3.63) is 17.7 Å². The van der Waals surface area contributed by atoms with E-state index in [9.17, 15) is 0 Å². The first kappa shape index (κ1) is 10.3. The Morgan fingerprint density at radius 1 is 1.56 bits per heavy atom. The Balaban J connectivity index is 1.76. The van der Waals surface area contributed by atoms with Gasteiger partial charge in [0.25, 0.3) is 0 Å². The average molecular weight is 220 g/mol. The quantitative estimate of drug-likeness (QED) is 0.793. The van der Waals surface area contributed by atoms with Crippen molar-refractivity contribution in [1.29, 1.82) is 0 Å². The third-order valence-electron chi connectivity index (χ3n) is 3.94. The minimum Gasteiger partial charge on any atom is -0.333 e. The molecule has 1 fully saturated rings. The van der Waals surface area contributed by atoms with E-state index >= 15 is 0 Å². The van der Waals surface area contributed by atoms with Gasteiger partial charge in [-0.25, -0.2) is 4.98 Å². The van der Waals surface area contributed by atoms with E-state index in [4.69, 9.17) is 0 Å². The minimum atomic E-state index is 0.716. The molecule has 2 aliphatic heterocycles. The molecule has 0 amide bonds. The first-order chi connectivity index (χ1) is 7.84. The number of likely N-dealkylation sites (N-methyl/N-ethyl adjacent to an activating group) is 1. The number of nitrogens with zero attached hydrogens (tertiary/aromatic N) is 3. The maximum Gasteiger partial charge on any atom is 0.0952 e. The summed E-state index contributed by atoms with van der Waals surface area (Å²) in [6.45, 7) is 4.42. The van der Waals surface area contributed by atoms with Crippen molar-refractivity contribution in [2.45, 2.75) is 38.4 Å². The molecule has 1 aromatic heterocycles. The van der Waals surface area contributed by atoms with Crippen molar-refractivity contribution in [2.24, 2.45) is 0 Å². The predicted molar refractivity (Wildman–Crippen MR) is 63.3 cm³/mol. The first-order valence-electron chi connectivity index (χ1n) is 6.28. The van der Waals surface area contributed by atoms with E-state index in [1.165, 1.54) is 30.8 Å². The molecule has 0 aliphatic carbocycles. The molecule has 3 heterocycles. The molecule has 1 unspecified atom stereocenters. The lowest BCUT2D eigenvalue weighted by atomic mass is 10.1. The summed E-state index contributed by atoms with van der Waals surface area (Å²) in [5.74, 6) is 0. The van der Waals surface area contributed by atoms with E-state index in [2.05, 4.69) is 26.8 Å². The molecule has 1 saturated heterocycles. The number of nitrogens with one attached hydrogen (secondary N) is 1. The van der Waals surface area contributed by atoms with Gasteiger partial charge in [-0.1, -0.05) is 0 Å². The van der Waals surface area contributed by atoms with Crippen molar-refractivity contribution >= 4 is 0 Å². The molecular weight excluding hydrogens is 200 g/mol. The zero-order valence-electron chi connectivity index (χ0n) is 9.95. The van der Waals surface area contributed by atoms with Crippen LogP contribution >= 0.6 is 0 Å². The fourth-order valence-corrected chi connectivity index (χ4v) is 2.89. The highest BCUT2D eigenvalue weighted by atomic mass is 15.2. The molecular formula is C12H20N4. The lowest BCUT2D eigenvalue weighted by Crippen LogP contribution is -2.31. The molecule has 0 bridgehead atoms. The van der Waals surface area contributed by atoms with E-state index in [1.807, 2.05) is 6.33 Å². The van der Waals surface area contributed by atoms with Crippen LogP contribution in [0.3, 0.4) is 0 Å². The number of likely N-dealkylation sites (tertiary alicyclic amines) is 1. The monoisotopic (exact) mass is 220 g/mol. The van der Waals surface area contributed by atoms with E-state index < -0.39 is 0 Å². The van der Waals surface area contributed by atoms with Crippen LogP contribution in [0.1, 0.15) is 24.2 Å². The second-order valence-electron chi connectivity index (χ2n) is 4.99. The van der Waals surface area contributed by atoms with Crippen LogP contribution < -0.4 is 5.32 Å². The van der Waals surface area contributed by atoms with Gasteiger partial charge < -0.3 is 14.8 Å². The van der Waals surface area contributed by atoms with Crippen LogP contribution in [0.25, 0.3) is 0 Å². The van der Waals surface area contributed by atoms with Crippen LogP contribution in [0.4, 0.5) is 0 Å². The highest BCUT2D eigenvalue weighted by Gasteiger charge is 2.23. The van der Waals surface area contributed by atoms with Crippen LogP contribution in [-0.2, 0) is 19.5 Å². The van der Waals surface area contributed by atoms with Crippen LogP contribution in [0.5, 0.6) is 0 Å². The van der Waals surface area contributed by atoms with Crippen molar-refractivity contribution in [1.82, 2.24) is 19.8 Å². The van der Waals surface area contributed by atoms with Crippen molar-refractivity contribution in [2.75, 3.05) is 20.1 Å². The Hall–Kier alpha value is -0.870. The summed E-state index contributed by atoms with van der Waals surface area (Å²) >= 11 is 0. The minimum absolute atomic E-state index is 0.716. The lowest BCUT2D eigenvalue weighted by Gasteiger charge is -2.22. The topological polar surface area (TPSA) is 33.1 Å². The van der Waals surface area contributed by atoms with Gasteiger partial charge in [-0.3, -0.25) is 0 Å². The molecule has 3 rings (SSSR count). The fraction of sp³-hybridized carbons (Fsp3) is 0.750. The summed E-state index contributed by atoms with van der Waals surface area (Å²) in [7, 11) is 2.24. The number of aromatic nitrogens is 2. The highest BCUT2D eigenvalue weighted by molar-refractivity contribution is 5.16. The fourth-order valence-electron chi connectivity index (χ4n) is 2.89. The maximum absolute atomic E-state index is 4.51. The third kappa shape index (κ3) is 1.76. The van der Waals surface area contributed by atoms with Crippen molar-refractivity contribution in [3.8, 4) is 0 Å². The molecule has 88 valence electrons. The van der Waals surface area contributed by atoms with Gasteiger partial charge in [-0.15, -0.1) is 0 Å². The van der Waals surface area contributed by atoms with Gasteiger partial charge in [0.15, 0.2) is 0 Å². The Kier molecular flexibility index (Phi) is 2.69. The first-order valence-corrected chi connectivity index (χ1v) is 6.28. The summed E-state index contributed by atoms with van der Waals surface area (Å²) in [5.41, 5.74) is 2.71. The Bertz CT molecular complexity index is 371. The van der Waals surface area contributed by atoms with Gasteiger partial charge in [-0.05, 0) is 26.4 Å². The Morgan fingerprint density at radius 3 is 3.31 bits per heavy atom. The van der Waals surface area contributed by atoms with Gasteiger partial charge in [-0.2, -0.15) is 0 Å². The number of hydrogen-bond acceptors (Lipinski definition) is 3. The predicted octanol–water partition coefficient (Wildman–Crippen LogP) is 0.623. The van der Waals surface area contributed by atoms with E-state index in [1.54, 1.807) is 0 Å².